The van der Waals surface area contributed by atoms with Gasteiger partial charge in [-0.15, -0.1) is 11.3 Å². The number of thiophene rings is 1. The van der Waals surface area contributed by atoms with Crippen molar-refractivity contribution in [3.63, 3.8) is 0 Å². The Bertz CT molecular complexity index is 3130. The third kappa shape index (κ3) is 4.32. The van der Waals surface area contributed by atoms with E-state index in [2.05, 4.69) is 182 Å². The van der Waals surface area contributed by atoms with Crippen LogP contribution in [-0.4, -0.2) is 0 Å². The molecule has 0 N–H and O–H groups in total. The number of rotatable bonds is 3. The molecule has 0 aliphatic heterocycles. The van der Waals surface area contributed by atoms with E-state index in [1.165, 1.54) is 107 Å². The van der Waals surface area contributed by atoms with Crippen LogP contribution in [0, 0.1) is 0 Å². The van der Waals surface area contributed by atoms with E-state index in [9.17, 15) is 0 Å². The van der Waals surface area contributed by atoms with Gasteiger partial charge >= 0.3 is 0 Å². The second-order valence-electron chi connectivity index (χ2n) is 13.6. The highest BCUT2D eigenvalue weighted by atomic mass is 32.1. The molecule has 10 aromatic carbocycles. The van der Waals surface area contributed by atoms with Crippen LogP contribution < -0.4 is 0 Å². The minimum Gasteiger partial charge on any atom is -0.135 e. The first-order valence-corrected chi connectivity index (χ1v) is 18.4. The van der Waals surface area contributed by atoms with Crippen molar-refractivity contribution < 1.29 is 0 Å². The monoisotopic (exact) mass is 662 g/mol. The lowest BCUT2D eigenvalue weighted by molar-refractivity contribution is 1.64. The maximum Gasteiger partial charge on any atom is 0.0440 e. The van der Waals surface area contributed by atoms with Gasteiger partial charge in [0.15, 0.2) is 0 Å². The van der Waals surface area contributed by atoms with E-state index in [4.69, 9.17) is 0 Å². The Morgan fingerprint density at radius 3 is 1.35 bits per heavy atom. The molecular weight excluding hydrogens is 633 g/mol. The van der Waals surface area contributed by atoms with Gasteiger partial charge in [-0.05, 0) is 106 Å². The molecule has 0 aliphatic carbocycles. The molecule has 0 unspecified atom stereocenters. The summed E-state index contributed by atoms with van der Waals surface area (Å²) in [5.74, 6) is 0. The minimum atomic E-state index is 1.24. The van der Waals surface area contributed by atoms with Gasteiger partial charge < -0.3 is 0 Å². The van der Waals surface area contributed by atoms with E-state index >= 15 is 0 Å². The van der Waals surface area contributed by atoms with Crippen LogP contribution in [0.4, 0.5) is 0 Å². The van der Waals surface area contributed by atoms with E-state index in [1.54, 1.807) is 0 Å². The van der Waals surface area contributed by atoms with E-state index in [0.29, 0.717) is 0 Å². The highest BCUT2D eigenvalue weighted by Gasteiger charge is 2.19. The highest BCUT2D eigenvalue weighted by Crippen LogP contribution is 2.48. The minimum absolute atomic E-state index is 1.24. The summed E-state index contributed by atoms with van der Waals surface area (Å²) in [5, 5.41) is 15.6. The molecule has 0 nitrogen and oxygen atoms in total. The lowest BCUT2D eigenvalue weighted by Crippen LogP contribution is -1.91. The Labute approximate surface area is 299 Å². The summed E-state index contributed by atoms with van der Waals surface area (Å²) in [6, 6.07) is 67.4. The molecule has 0 bridgehead atoms. The van der Waals surface area contributed by atoms with Crippen LogP contribution in [0.25, 0.3) is 107 Å². The van der Waals surface area contributed by atoms with E-state index < -0.39 is 0 Å². The topological polar surface area (TPSA) is 0 Å². The van der Waals surface area contributed by atoms with Crippen LogP contribution >= 0.6 is 11.3 Å². The number of hydrogen-bond donors (Lipinski definition) is 0. The Morgan fingerprint density at radius 1 is 0.275 bits per heavy atom. The quantitative estimate of drug-likeness (QED) is 0.130. The molecule has 11 aromatic rings. The molecule has 0 atom stereocenters. The Balaban J connectivity index is 1.16. The molecule has 1 heterocycles. The number of fused-ring (bicyclic) bond motifs is 11. The largest absolute Gasteiger partial charge is 0.135 e. The van der Waals surface area contributed by atoms with Crippen LogP contribution in [-0.2, 0) is 0 Å². The fourth-order valence-corrected chi connectivity index (χ4v) is 9.76. The molecular formula is C50H30S. The summed E-state index contributed by atoms with van der Waals surface area (Å²) >= 11 is 1.92. The number of benzene rings is 10. The van der Waals surface area contributed by atoms with Crippen molar-refractivity contribution in [1.29, 1.82) is 0 Å². The fraction of sp³-hybridized carbons (Fsp3) is 0. The van der Waals surface area contributed by atoms with Gasteiger partial charge in [-0.1, -0.05) is 158 Å². The standard InChI is InChI=1S/C50H30S/c1-2-12-31(13-3-1)32-22-23-34-29-35(25-24-33(34)28-32)47-40-17-7-9-19-42(40)48(43-20-10-8-18-41(43)47)36-26-27-46-45(30-36)49-39-16-6-4-14-37(39)38-15-5-11-21-44(38)50(49)51-46/h1-30H. The predicted octanol–water partition coefficient (Wildman–Crippen LogP) is 14.8. The van der Waals surface area contributed by atoms with Crippen molar-refractivity contribution in [2.45, 2.75) is 0 Å². The van der Waals surface area contributed by atoms with Crippen LogP contribution in [0.5, 0.6) is 0 Å². The summed E-state index contributed by atoms with van der Waals surface area (Å²) in [4.78, 5) is 0. The van der Waals surface area contributed by atoms with Gasteiger partial charge in [-0.3, -0.25) is 0 Å². The van der Waals surface area contributed by atoms with Crippen molar-refractivity contribution in [2.24, 2.45) is 0 Å². The van der Waals surface area contributed by atoms with Crippen molar-refractivity contribution >= 4 is 85.4 Å². The molecule has 11 rings (SSSR count). The Morgan fingerprint density at radius 2 is 0.725 bits per heavy atom. The summed E-state index contributed by atoms with van der Waals surface area (Å²) in [5.41, 5.74) is 7.57. The molecule has 0 aliphatic rings. The van der Waals surface area contributed by atoms with Crippen molar-refractivity contribution in [2.75, 3.05) is 0 Å². The average molecular weight is 663 g/mol. The van der Waals surface area contributed by atoms with Gasteiger partial charge in [-0.25, -0.2) is 0 Å². The second-order valence-corrected chi connectivity index (χ2v) is 14.6. The first-order valence-electron chi connectivity index (χ1n) is 17.6. The van der Waals surface area contributed by atoms with E-state index in [1.807, 2.05) is 11.3 Å². The van der Waals surface area contributed by atoms with Gasteiger partial charge in [0.2, 0.25) is 0 Å². The Kier molecular flexibility index (Phi) is 6.22. The van der Waals surface area contributed by atoms with Gasteiger partial charge in [0, 0.05) is 25.6 Å². The first-order chi connectivity index (χ1) is 25.3. The van der Waals surface area contributed by atoms with Crippen molar-refractivity contribution in [3.8, 4) is 33.4 Å². The summed E-state index contributed by atoms with van der Waals surface area (Å²) < 4.78 is 2.70. The van der Waals surface area contributed by atoms with Crippen LogP contribution in [0.2, 0.25) is 0 Å². The lowest BCUT2D eigenvalue weighted by Gasteiger charge is -2.18. The maximum atomic E-state index is 2.46. The fourth-order valence-electron chi connectivity index (χ4n) is 8.52. The van der Waals surface area contributed by atoms with Crippen LogP contribution in [0.15, 0.2) is 182 Å². The molecule has 0 spiro atoms. The smallest absolute Gasteiger partial charge is 0.0440 e. The molecule has 0 amide bonds. The first kappa shape index (κ1) is 28.5. The molecule has 0 fully saturated rings. The molecule has 0 radical (unpaired) electrons. The third-order valence-corrected chi connectivity index (χ3v) is 12.0. The third-order valence-electron chi connectivity index (χ3n) is 10.8. The molecule has 1 aromatic heterocycles. The maximum absolute atomic E-state index is 2.46. The molecule has 1 heteroatoms. The average Bonchev–Trinajstić information content (AvgIpc) is 3.59. The van der Waals surface area contributed by atoms with E-state index in [-0.39, 0.29) is 0 Å². The second kappa shape index (κ2) is 11.1. The predicted molar refractivity (Wildman–Crippen MR) is 223 cm³/mol. The van der Waals surface area contributed by atoms with Gasteiger partial charge in [0.05, 0.1) is 0 Å². The zero-order valence-corrected chi connectivity index (χ0v) is 28.5. The van der Waals surface area contributed by atoms with Crippen LogP contribution in [0.3, 0.4) is 0 Å². The molecule has 51 heavy (non-hydrogen) atoms. The zero-order valence-electron chi connectivity index (χ0n) is 27.7. The van der Waals surface area contributed by atoms with Gasteiger partial charge in [0.25, 0.3) is 0 Å². The molecule has 0 saturated carbocycles. The SMILES string of the molecule is c1ccc(-c2ccc3cc(-c4c5ccccc5c(-c5ccc6sc7c8ccccc8c8ccccc8c7c6c5)c5ccccc45)ccc3c2)cc1. The summed E-state index contributed by atoms with van der Waals surface area (Å²) in [6.45, 7) is 0. The summed E-state index contributed by atoms with van der Waals surface area (Å²) in [7, 11) is 0. The van der Waals surface area contributed by atoms with Gasteiger partial charge in [0.1, 0.15) is 0 Å². The Hall–Kier alpha value is -6.28. The summed E-state index contributed by atoms with van der Waals surface area (Å²) in [6.07, 6.45) is 0. The highest BCUT2D eigenvalue weighted by molar-refractivity contribution is 7.27. The van der Waals surface area contributed by atoms with Crippen molar-refractivity contribution in [3.05, 3.63) is 182 Å². The molecule has 236 valence electrons. The number of hydrogen-bond acceptors (Lipinski definition) is 1. The van der Waals surface area contributed by atoms with Crippen molar-refractivity contribution in [1.82, 2.24) is 0 Å². The lowest BCUT2D eigenvalue weighted by atomic mass is 9.85. The van der Waals surface area contributed by atoms with Crippen LogP contribution in [0.1, 0.15) is 0 Å². The van der Waals surface area contributed by atoms with Gasteiger partial charge in [-0.2, -0.15) is 0 Å². The van der Waals surface area contributed by atoms with E-state index in [0.717, 1.165) is 0 Å². The normalized spacial score (nSPS) is 11.9. The molecule has 0 saturated heterocycles. The zero-order chi connectivity index (χ0) is 33.5.